The summed E-state index contributed by atoms with van der Waals surface area (Å²) in [5, 5.41) is 11.4. The molecule has 0 bridgehead atoms. The molecule has 0 radical (unpaired) electrons. The van der Waals surface area contributed by atoms with E-state index in [0.29, 0.717) is 12.0 Å². The number of hydrogen-bond acceptors (Lipinski definition) is 5. The Morgan fingerprint density at radius 2 is 2.00 bits per heavy atom. The number of fused-ring (bicyclic) bond motifs is 1. The lowest BCUT2D eigenvalue weighted by Gasteiger charge is -2.42. The third kappa shape index (κ3) is 2.91. The van der Waals surface area contributed by atoms with Crippen molar-refractivity contribution < 1.29 is 19.2 Å². The zero-order valence-corrected chi connectivity index (χ0v) is 13.6. The summed E-state index contributed by atoms with van der Waals surface area (Å²) in [6, 6.07) is 2.88. The van der Waals surface area contributed by atoms with Crippen LogP contribution < -0.4 is 4.74 Å². The van der Waals surface area contributed by atoms with Gasteiger partial charge in [-0.2, -0.15) is 0 Å². The highest BCUT2D eigenvalue weighted by atomic mass is 16.6. The molecule has 0 atom stereocenters. The van der Waals surface area contributed by atoms with E-state index in [1.54, 1.807) is 13.0 Å². The van der Waals surface area contributed by atoms with Crippen LogP contribution in [0.4, 0.5) is 5.69 Å². The van der Waals surface area contributed by atoms with E-state index < -0.39 is 16.5 Å². The lowest BCUT2D eigenvalue weighted by molar-refractivity contribution is -0.386. The van der Waals surface area contributed by atoms with Crippen molar-refractivity contribution in [2.75, 3.05) is 6.61 Å². The number of carbonyl (C=O) groups is 1. The molecular formula is C16H21NO5. The molecule has 0 spiro atoms. The van der Waals surface area contributed by atoms with Gasteiger partial charge in [-0.15, -0.1) is 0 Å². The molecule has 22 heavy (non-hydrogen) atoms. The van der Waals surface area contributed by atoms with Crippen molar-refractivity contribution in [1.29, 1.82) is 0 Å². The van der Waals surface area contributed by atoms with E-state index in [9.17, 15) is 14.9 Å². The van der Waals surface area contributed by atoms with Gasteiger partial charge in [0.05, 0.1) is 17.1 Å². The van der Waals surface area contributed by atoms with Gasteiger partial charge in [0.1, 0.15) is 5.60 Å². The van der Waals surface area contributed by atoms with Crippen molar-refractivity contribution in [3.63, 3.8) is 0 Å². The first-order valence-corrected chi connectivity index (χ1v) is 7.26. The lowest BCUT2D eigenvalue weighted by Crippen LogP contribution is -2.41. The number of benzene rings is 1. The van der Waals surface area contributed by atoms with Gasteiger partial charge in [-0.05, 0) is 38.7 Å². The number of nitro benzene ring substituents is 1. The highest BCUT2D eigenvalue weighted by Crippen LogP contribution is 2.49. The van der Waals surface area contributed by atoms with Crippen LogP contribution in [-0.4, -0.2) is 23.1 Å². The van der Waals surface area contributed by atoms with Gasteiger partial charge in [0.15, 0.2) is 0 Å². The second kappa shape index (κ2) is 5.26. The number of hydrogen-bond donors (Lipinski definition) is 0. The van der Waals surface area contributed by atoms with Crippen LogP contribution in [-0.2, 0) is 10.2 Å². The van der Waals surface area contributed by atoms with Crippen LogP contribution in [0.25, 0.3) is 0 Å². The van der Waals surface area contributed by atoms with Crippen LogP contribution in [0.1, 0.15) is 57.0 Å². The molecule has 0 unspecified atom stereocenters. The van der Waals surface area contributed by atoms with Gasteiger partial charge in [-0.25, -0.2) is 4.79 Å². The van der Waals surface area contributed by atoms with Crippen molar-refractivity contribution in [2.24, 2.45) is 0 Å². The Morgan fingerprint density at radius 3 is 2.55 bits per heavy atom. The molecule has 0 saturated heterocycles. The summed E-state index contributed by atoms with van der Waals surface area (Å²) < 4.78 is 10.8. The normalized spacial score (nSPS) is 18.0. The first kappa shape index (κ1) is 16.3. The van der Waals surface area contributed by atoms with Gasteiger partial charge in [-0.1, -0.05) is 13.8 Å². The Morgan fingerprint density at radius 1 is 1.36 bits per heavy atom. The predicted molar refractivity (Wildman–Crippen MR) is 81.4 cm³/mol. The van der Waals surface area contributed by atoms with E-state index >= 15 is 0 Å². The summed E-state index contributed by atoms with van der Waals surface area (Å²) in [5.41, 5.74) is -0.189. The largest absolute Gasteiger partial charge is 0.481 e. The minimum absolute atomic E-state index is 0.184. The Bertz CT molecular complexity index is 634. The van der Waals surface area contributed by atoms with Crippen LogP contribution in [0.2, 0.25) is 0 Å². The molecule has 6 heteroatoms. The quantitative estimate of drug-likeness (QED) is 0.484. The molecule has 0 amide bonds. The number of carbonyl (C=O) groups excluding carboxylic acids is 1. The highest BCUT2D eigenvalue weighted by Gasteiger charge is 2.43. The van der Waals surface area contributed by atoms with E-state index in [0.717, 1.165) is 0 Å². The zero-order chi connectivity index (χ0) is 16.7. The summed E-state index contributed by atoms with van der Waals surface area (Å²) >= 11 is 0. The van der Waals surface area contributed by atoms with Gasteiger partial charge in [0, 0.05) is 11.6 Å². The molecule has 1 aliphatic rings. The summed E-state index contributed by atoms with van der Waals surface area (Å²) in [6.07, 6.45) is 0.691. The van der Waals surface area contributed by atoms with Crippen molar-refractivity contribution in [1.82, 2.24) is 0 Å². The molecule has 6 nitrogen and oxygen atoms in total. The Kier molecular flexibility index (Phi) is 3.89. The number of nitrogens with zero attached hydrogens (tertiary/aromatic N) is 1. The van der Waals surface area contributed by atoms with Crippen LogP contribution in [0.5, 0.6) is 5.75 Å². The smallest absolute Gasteiger partial charge is 0.338 e. The molecule has 1 heterocycles. The number of ether oxygens (including phenoxy) is 2. The zero-order valence-electron chi connectivity index (χ0n) is 13.6. The molecule has 0 saturated carbocycles. The predicted octanol–water partition coefficient (Wildman–Crippen LogP) is 3.61. The molecule has 1 aromatic rings. The van der Waals surface area contributed by atoms with Gasteiger partial charge in [-0.3, -0.25) is 10.1 Å². The first-order valence-electron chi connectivity index (χ1n) is 7.26. The van der Waals surface area contributed by atoms with E-state index in [-0.39, 0.29) is 29.0 Å². The van der Waals surface area contributed by atoms with Gasteiger partial charge in [0.25, 0.3) is 0 Å². The molecule has 0 fully saturated rings. The Balaban J connectivity index is 2.67. The van der Waals surface area contributed by atoms with Gasteiger partial charge < -0.3 is 9.47 Å². The topological polar surface area (TPSA) is 78.7 Å². The third-order valence-electron chi connectivity index (χ3n) is 3.75. The summed E-state index contributed by atoms with van der Waals surface area (Å²) in [5.74, 6) is -0.312. The summed E-state index contributed by atoms with van der Waals surface area (Å²) in [6.45, 7) is 9.71. The molecule has 2 rings (SSSR count). The van der Waals surface area contributed by atoms with Crippen LogP contribution in [0.15, 0.2) is 12.1 Å². The minimum atomic E-state index is -0.561. The average molecular weight is 307 g/mol. The standard InChI is InChI=1S/C16H21NO5/c1-6-21-14(18)10-7-11-13(12(8-10)17(19)20)22-16(4,5)9-15(11,2)3/h7-8H,6,9H2,1-5H3. The average Bonchev–Trinajstić information content (AvgIpc) is 2.35. The monoisotopic (exact) mass is 307 g/mol. The Labute approximate surface area is 129 Å². The number of nitro groups is 1. The van der Waals surface area contributed by atoms with Crippen LogP contribution in [0, 0.1) is 10.1 Å². The van der Waals surface area contributed by atoms with Crippen LogP contribution >= 0.6 is 0 Å². The summed E-state index contributed by atoms with van der Waals surface area (Å²) in [4.78, 5) is 22.8. The molecule has 120 valence electrons. The minimum Gasteiger partial charge on any atom is -0.481 e. The van der Waals surface area contributed by atoms with Crippen molar-refractivity contribution in [3.05, 3.63) is 33.4 Å². The molecule has 0 aromatic heterocycles. The second-order valence-electron chi connectivity index (χ2n) is 6.77. The molecule has 0 N–H and O–H groups in total. The van der Waals surface area contributed by atoms with Crippen molar-refractivity contribution in [3.8, 4) is 5.75 Å². The highest BCUT2D eigenvalue weighted by molar-refractivity contribution is 5.91. The maximum atomic E-state index is 12.0. The van der Waals surface area contributed by atoms with Gasteiger partial charge >= 0.3 is 11.7 Å². The van der Waals surface area contributed by atoms with Crippen molar-refractivity contribution in [2.45, 2.75) is 52.1 Å². The molecule has 1 aliphatic heterocycles. The van der Waals surface area contributed by atoms with E-state index in [1.807, 2.05) is 27.7 Å². The molecule has 0 aliphatic carbocycles. The van der Waals surface area contributed by atoms with E-state index in [1.165, 1.54) is 6.07 Å². The van der Waals surface area contributed by atoms with E-state index in [4.69, 9.17) is 9.47 Å². The Hall–Kier alpha value is -2.11. The van der Waals surface area contributed by atoms with Crippen LogP contribution in [0.3, 0.4) is 0 Å². The molecular weight excluding hydrogens is 286 g/mol. The van der Waals surface area contributed by atoms with Gasteiger partial charge in [0.2, 0.25) is 5.75 Å². The van der Waals surface area contributed by atoms with E-state index in [2.05, 4.69) is 0 Å². The third-order valence-corrected chi connectivity index (χ3v) is 3.75. The SMILES string of the molecule is CCOC(=O)c1cc([N+](=O)[O-])c2c(c1)C(C)(C)CC(C)(C)O2. The lowest BCUT2D eigenvalue weighted by atomic mass is 9.73. The fraction of sp³-hybridized carbons (Fsp3) is 0.562. The first-order chi connectivity index (χ1) is 10.1. The van der Waals surface area contributed by atoms with Crippen molar-refractivity contribution >= 4 is 11.7 Å². The number of esters is 1. The molecule has 1 aromatic carbocycles. The fourth-order valence-corrected chi connectivity index (χ4v) is 3.16. The maximum Gasteiger partial charge on any atom is 0.338 e. The summed E-state index contributed by atoms with van der Waals surface area (Å²) in [7, 11) is 0. The fourth-order valence-electron chi connectivity index (χ4n) is 3.16. The second-order valence-corrected chi connectivity index (χ2v) is 6.77. The maximum absolute atomic E-state index is 12.0. The number of rotatable bonds is 3.